The number of ether oxygens (including phenoxy) is 2. The highest BCUT2D eigenvalue weighted by atomic mass is 35.5. The van der Waals surface area contributed by atoms with E-state index in [4.69, 9.17) is 21.1 Å². The number of hydrogen-bond donors (Lipinski definition) is 1. The minimum absolute atomic E-state index is 0. The summed E-state index contributed by atoms with van der Waals surface area (Å²) in [6.45, 7) is 5.09. The van der Waals surface area contributed by atoms with Gasteiger partial charge in [-0.2, -0.15) is 0 Å². The Hall–Kier alpha value is -1.49. The van der Waals surface area contributed by atoms with E-state index in [1.165, 1.54) is 6.07 Å². The van der Waals surface area contributed by atoms with Crippen molar-refractivity contribution >= 4 is 24.0 Å². The van der Waals surface area contributed by atoms with E-state index in [0.29, 0.717) is 28.1 Å². The molecule has 1 unspecified atom stereocenters. The number of hydrogen-bond acceptors (Lipinski definition) is 3. The van der Waals surface area contributed by atoms with Crippen LogP contribution in [-0.2, 0) is 13.2 Å². The molecule has 2 aromatic rings. The number of nitrogens with one attached hydrogen (secondary N) is 1. The van der Waals surface area contributed by atoms with Crippen molar-refractivity contribution in [2.24, 2.45) is 0 Å². The molecular weight excluding hydrogens is 364 g/mol. The van der Waals surface area contributed by atoms with E-state index in [9.17, 15) is 4.39 Å². The molecule has 138 valence electrons. The molecular formula is C19H24Cl2FNO2. The lowest BCUT2D eigenvalue weighted by Gasteiger charge is -2.15. The van der Waals surface area contributed by atoms with Crippen LogP contribution in [0.4, 0.5) is 4.39 Å². The highest BCUT2D eigenvalue weighted by Crippen LogP contribution is 2.30. The van der Waals surface area contributed by atoms with Gasteiger partial charge in [0.25, 0.3) is 0 Å². The molecule has 0 heterocycles. The zero-order chi connectivity index (χ0) is 17.5. The first kappa shape index (κ1) is 21.6. The van der Waals surface area contributed by atoms with Crippen LogP contribution in [0.5, 0.6) is 11.5 Å². The topological polar surface area (TPSA) is 30.5 Å². The van der Waals surface area contributed by atoms with Gasteiger partial charge >= 0.3 is 0 Å². The van der Waals surface area contributed by atoms with Crippen molar-refractivity contribution in [1.82, 2.24) is 5.32 Å². The second-order valence-corrected chi connectivity index (χ2v) is 6.07. The summed E-state index contributed by atoms with van der Waals surface area (Å²) in [7, 11) is 1.59. The molecule has 0 spiro atoms. The average Bonchev–Trinajstić information content (AvgIpc) is 2.59. The van der Waals surface area contributed by atoms with Gasteiger partial charge in [0.05, 0.1) is 12.1 Å². The molecule has 0 aliphatic carbocycles. The molecule has 6 heteroatoms. The molecule has 2 aromatic carbocycles. The van der Waals surface area contributed by atoms with Crippen LogP contribution < -0.4 is 14.8 Å². The molecule has 0 saturated heterocycles. The largest absolute Gasteiger partial charge is 0.493 e. The van der Waals surface area contributed by atoms with Gasteiger partial charge in [0, 0.05) is 18.2 Å². The molecule has 25 heavy (non-hydrogen) atoms. The van der Waals surface area contributed by atoms with Crippen molar-refractivity contribution in [3.63, 3.8) is 0 Å². The Morgan fingerprint density at radius 3 is 2.60 bits per heavy atom. The monoisotopic (exact) mass is 387 g/mol. The molecule has 0 aromatic heterocycles. The molecule has 1 atom stereocenters. The SMILES string of the molecule is CCC(C)NCc1ccc(OCc2c(F)cccc2Cl)c(OC)c1.Cl. The summed E-state index contributed by atoms with van der Waals surface area (Å²) in [5.74, 6) is 0.797. The van der Waals surface area contributed by atoms with Crippen LogP contribution in [0.2, 0.25) is 5.02 Å². The summed E-state index contributed by atoms with van der Waals surface area (Å²) in [5, 5.41) is 3.78. The molecule has 0 saturated carbocycles. The Balaban J connectivity index is 0.00000312. The summed E-state index contributed by atoms with van der Waals surface area (Å²) in [6, 6.07) is 10.8. The summed E-state index contributed by atoms with van der Waals surface area (Å²) < 4.78 is 24.9. The van der Waals surface area contributed by atoms with Gasteiger partial charge in [0.15, 0.2) is 11.5 Å². The van der Waals surface area contributed by atoms with Crippen molar-refractivity contribution in [3.05, 3.63) is 58.4 Å². The van der Waals surface area contributed by atoms with E-state index in [1.807, 2.05) is 18.2 Å². The Labute approximate surface area is 159 Å². The summed E-state index contributed by atoms with van der Waals surface area (Å²) in [4.78, 5) is 0. The van der Waals surface area contributed by atoms with Crippen LogP contribution in [0.1, 0.15) is 31.4 Å². The van der Waals surface area contributed by atoms with Crippen molar-refractivity contribution in [1.29, 1.82) is 0 Å². The summed E-state index contributed by atoms with van der Waals surface area (Å²) in [6.07, 6.45) is 1.07. The van der Waals surface area contributed by atoms with Gasteiger partial charge in [0.2, 0.25) is 0 Å². The quantitative estimate of drug-likeness (QED) is 0.659. The van der Waals surface area contributed by atoms with Gasteiger partial charge < -0.3 is 14.8 Å². The Morgan fingerprint density at radius 1 is 1.20 bits per heavy atom. The predicted molar refractivity (Wildman–Crippen MR) is 103 cm³/mol. The van der Waals surface area contributed by atoms with Crippen LogP contribution in [0, 0.1) is 5.82 Å². The second-order valence-electron chi connectivity index (χ2n) is 5.66. The lowest BCUT2D eigenvalue weighted by atomic mass is 10.1. The van der Waals surface area contributed by atoms with Crippen molar-refractivity contribution < 1.29 is 13.9 Å². The third-order valence-corrected chi connectivity index (χ3v) is 4.28. The lowest BCUT2D eigenvalue weighted by Crippen LogP contribution is -2.24. The summed E-state index contributed by atoms with van der Waals surface area (Å²) >= 11 is 6.02. The van der Waals surface area contributed by atoms with E-state index in [0.717, 1.165) is 18.5 Å². The van der Waals surface area contributed by atoms with Gasteiger partial charge in [-0.3, -0.25) is 0 Å². The van der Waals surface area contributed by atoms with Crippen LogP contribution in [-0.4, -0.2) is 13.2 Å². The number of benzene rings is 2. The van der Waals surface area contributed by atoms with E-state index >= 15 is 0 Å². The van der Waals surface area contributed by atoms with Gasteiger partial charge in [0.1, 0.15) is 12.4 Å². The standard InChI is InChI=1S/C19H23ClFNO2.ClH/c1-4-13(2)22-11-14-8-9-18(19(10-14)23-3)24-12-15-16(20)6-5-7-17(15)21;/h5-10,13,22H,4,11-12H2,1-3H3;1H. The normalized spacial score (nSPS) is 11.6. The first-order chi connectivity index (χ1) is 11.5. The molecule has 2 rings (SSSR count). The lowest BCUT2D eigenvalue weighted by molar-refractivity contribution is 0.279. The fourth-order valence-corrected chi connectivity index (χ4v) is 2.42. The van der Waals surface area contributed by atoms with Crippen LogP contribution >= 0.6 is 24.0 Å². The first-order valence-electron chi connectivity index (χ1n) is 8.01. The third kappa shape index (κ3) is 6.07. The fourth-order valence-electron chi connectivity index (χ4n) is 2.20. The van der Waals surface area contributed by atoms with Gasteiger partial charge in [-0.1, -0.05) is 30.7 Å². The Kier molecular flexibility index (Phi) is 9.04. The van der Waals surface area contributed by atoms with E-state index < -0.39 is 0 Å². The molecule has 3 nitrogen and oxygen atoms in total. The zero-order valence-electron chi connectivity index (χ0n) is 14.6. The smallest absolute Gasteiger partial charge is 0.161 e. The first-order valence-corrected chi connectivity index (χ1v) is 8.39. The van der Waals surface area contributed by atoms with Gasteiger partial charge in [-0.25, -0.2) is 4.39 Å². The molecule has 0 bridgehead atoms. The minimum Gasteiger partial charge on any atom is -0.493 e. The van der Waals surface area contributed by atoms with Crippen molar-refractivity contribution in [2.75, 3.05) is 7.11 Å². The van der Waals surface area contributed by atoms with Gasteiger partial charge in [-0.05, 0) is 43.2 Å². The number of rotatable bonds is 8. The fraction of sp³-hybridized carbons (Fsp3) is 0.368. The van der Waals surface area contributed by atoms with Crippen molar-refractivity contribution in [3.8, 4) is 11.5 Å². The number of halogens is 3. The average molecular weight is 388 g/mol. The maximum Gasteiger partial charge on any atom is 0.161 e. The van der Waals surface area contributed by atoms with Crippen molar-refractivity contribution in [2.45, 2.75) is 39.5 Å². The van der Waals surface area contributed by atoms with E-state index in [2.05, 4.69) is 19.2 Å². The van der Waals surface area contributed by atoms with Crippen LogP contribution in [0.25, 0.3) is 0 Å². The van der Waals surface area contributed by atoms with E-state index in [1.54, 1.807) is 19.2 Å². The van der Waals surface area contributed by atoms with Crippen LogP contribution in [0.15, 0.2) is 36.4 Å². The molecule has 0 aliphatic heterocycles. The molecule has 0 aliphatic rings. The highest BCUT2D eigenvalue weighted by molar-refractivity contribution is 6.31. The zero-order valence-corrected chi connectivity index (χ0v) is 16.2. The minimum atomic E-state index is -0.379. The highest BCUT2D eigenvalue weighted by Gasteiger charge is 2.11. The van der Waals surface area contributed by atoms with Crippen LogP contribution in [0.3, 0.4) is 0 Å². The molecule has 0 radical (unpaired) electrons. The number of methoxy groups -OCH3 is 1. The molecule has 1 N–H and O–H groups in total. The third-order valence-electron chi connectivity index (χ3n) is 3.93. The molecule has 0 amide bonds. The van der Waals surface area contributed by atoms with E-state index in [-0.39, 0.29) is 24.8 Å². The van der Waals surface area contributed by atoms with Gasteiger partial charge in [-0.15, -0.1) is 12.4 Å². The second kappa shape index (κ2) is 10.5. The summed E-state index contributed by atoms with van der Waals surface area (Å²) in [5.41, 5.74) is 1.44. The Morgan fingerprint density at radius 2 is 1.96 bits per heavy atom. The predicted octanol–water partition coefficient (Wildman–Crippen LogP) is 5.38. The Bertz CT molecular complexity index is 662. The molecule has 0 fully saturated rings. The maximum absolute atomic E-state index is 13.8. The maximum atomic E-state index is 13.8.